The molecule has 2 aromatic heterocycles. The molecule has 0 N–H and O–H groups in total. The van der Waals surface area contributed by atoms with Crippen LogP contribution in [0, 0.1) is 0 Å². The first-order valence-corrected chi connectivity index (χ1v) is 21.8. The molecule has 1 aliphatic rings. The first-order chi connectivity index (χ1) is 31.3. The highest BCUT2D eigenvalue weighted by atomic mass is 15.0. The predicted molar refractivity (Wildman–Crippen MR) is 263 cm³/mol. The molecule has 0 unspecified atom stereocenters. The Labute approximate surface area is 366 Å². The lowest BCUT2D eigenvalue weighted by Gasteiger charge is -2.34. The molecule has 0 bridgehead atoms. The van der Waals surface area contributed by atoms with Crippen LogP contribution in [0.3, 0.4) is 0 Å². The van der Waals surface area contributed by atoms with E-state index in [1.54, 1.807) is 0 Å². The van der Waals surface area contributed by atoms with Crippen molar-refractivity contribution in [2.75, 3.05) is 0 Å². The molecule has 1 aliphatic carbocycles. The molecule has 0 amide bonds. The minimum Gasteiger partial charge on any atom is -0.309 e. The van der Waals surface area contributed by atoms with E-state index in [9.17, 15) is 0 Å². The van der Waals surface area contributed by atoms with Crippen molar-refractivity contribution < 1.29 is 0 Å². The second kappa shape index (κ2) is 13.9. The molecule has 0 spiro atoms. The summed E-state index contributed by atoms with van der Waals surface area (Å²) in [6.07, 6.45) is 0. The molecule has 0 atom stereocenters. The molecule has 2 nitrogen and oxygen atoms in total. The van der Waals surface area contributed by atoms with Crippen molar-refractivity contribution in [3.63, 3.8) is 0 Å². The fraction of sp³-hybridized carbons (Fsp3) is 0.0164. The van der Waals surface area contributed by atoms with Crippen LogP contribution in [0.1, 0.15) is 22.3 Å². The van der Waals surface area contributed by atoms with E-state index in [1.807, 2.05) is 0 Å². The molecule has 0 radical (unpaired) electrons. The van der Waals surface area contributed by atoms with Gasteiger partial charge in [-0.1, -0.05) is 176 Å². The van der Waals surface area contributed by atoms with Gasteiger partial charge in [0.2, 0.25) is 0 Å². The van der Waals surface area contributed by atoms with Crippen LogP contribution in [-0.4, -0.2) is 9.13 Å². The lowest BCUT2D eigenvalue weighted by atomic mass is 9.68. The summed E-state index contributed by atoms with van der Waals surface area (Å²) in [4.78, 5) is 0. The van der Waals surface area contributed by atoms with Gasteiger partial charge >= 0.3 is 0 Å². The number of hydrogen-bond donors (Lipinski definition) is 0. The van der Waals surface area contributed by atoms with Gasteiger partial charge in [-0.25, -0.2) is 0 Å². The number of rotatable bonds is 6. The van der Waals surface area contributed by atoms with Gasteiger partial charge in [0.15, 0.2) is 0 Å². The van der Waals surface area contributed by atoms with Gasteiger partial charge in [0, 0.05) is 32.9 Å². The van der Waals surface area contributed by atoms with Crippen LogP contribution >= 0.6 is 0 Å². The van der Waals surface area contributed by atoms with Gasteiger partial charge in [0.25, 0.3) is 0 Å². The first-order valence-electron chi connectivity index (χ1n) is 21.8. The molecular weight excluding hydrogens is 761 g/mol. The number of fused-ring (bicyclic) bond motifs is 9. The van der Waals surface area contributed by atoms with Gasteiger partial charge in [-0.3, -0.25) is 0 Å². The number of hydrogen-bond acceptors (Lipinski definition) is 0. The Balaban J connectivity index is 0.959. The van der Waals surface area contributed by atoms with Crippen molar-refractivity contribution >= 4 is 43.6 Å². The van der Waals surface area contributed by atoms with Gasteiger partial charge in [0.05, 0.1) is 27.5 Å². The maximum atomic E-state index is 2.44. The standard InChI is InChI=1S/C61H40N2/c1-4-16-41(17-5-1)42-28-35-59-53(38-42)54-40-44(30-37-60(54)62(59)47-20-8-3-9-21-47)43-29-36-58-52(39-43)51-24-12-15-27-57(51)63(58)48-33-31-46(32-34-48)61(45-18-6-2-7-19-45)55-25-13-10-22-49(55)50-23-11-14-26-56(50)61/h1-40H. The molecule has 2 heteroatoms. The van der Waals surface area contributed by atoms with Crippen LogP contribution < -0.4 is 0 Å². The molecule has 0 saturated heterocycles. The third-order valence-electron chi connectivity index (χ3n) is 13.6. The van der Waals surface area contributed by atoms with Crippen LogP contribution in [0.2, 0.25) is 0 Å². The summed E-state index contributed by atoms with van der Waals surface area (Å²) < 4.78 is 4.84. The van der Waals surface area contributed by atoms with E-state index in [1.165, 1.54) is 99.2 Å². The fourth-order valence-corrected chi connectivity index (χ4v) is 10.9. The minimum absolute atomic E-state index is 0.430. The average Bonchev–Trinajstić information content (AvgIpc) is 3.98. The lowest BCUT2D eigenvalue weighted by molar-refractivity contribution is 0.768. The Bertz CT molecular complexity index is 3660. The zero-order valence-corrected chi connectivity index (χ0v) is 34.5. The second-order valence-corrected chi connectivity index (χ2v) is 16.8. The highest BCUT2D eigenvalue weighted by molar-refractivity contribution is 6.13. The van der Waals surface area contributed by atoms with E-state index in [2.05, 4.69) is 252 Å². The van der Waals surface area contributed by atoms with Crippen molar-refractivity contribution in [2.45, 2.75) is 5.41 Å². The van der Waals surface area contributed by atoms with Crippen LogP contribution in [0.15, 0.2) is 243 Å². The molecule has 0 aliphatic heterocycles. The third-order valence-corrected chi connectivity index (χ3v) is 13.6. The largest absolute Gasteiger partial charge is 0.309 e. The van der Waals surface area contributed by atoms with Crippen molar-refractivity contribution in [3.05, 3.63) is 265 Å². The van der Waals surface area contributed by atoms with E-state index in [-0.39, 0.29) is 0 Å². The third kappa shape index (κ3) is 5.25. The molecule has 13 rings (SSSR count). The second-order valence-electron chi connectivity index (χ2n) is 16.8. The summed E-state index contributed by atoms with van der Waals surface area (Å²) in [6, 6.07) is 89.5. The summed E-state index contributed by atoms with van der Waals surface area (Å²) in [7, 11) is 0. The zero-order chi connectivity index (χ0) is 41.5. The van der Waals surface area contributed by atoms with Gasteiger partial charge in [-0.05, 0) is 122 Å². The van der Waals surface area contributed by atoms with Gasteiger partial charge < -0.3 is 9.13 Å². The number of para-hydroxylation sites is 2. The van der Waals surface area contributed by atoms with Crippen molar-refractivity contribution in [2.24, 2.45) is 0 Å². The van der Waals surface area contributed by atoms with Crippen LogP contribution in [0.25, 0.3) is 88.4 Å². The number of benzene rings is 10. The van der Waals surface area contributed by atoms with Gasteiger partial charge in [-0.15, -0.1) is 0 Å². The minimum atomic E-state index is -0.430. The summed E-state index contributed by atoms with van der Waals surface area (Å²) in [5, 5.41) is 4.97. The maximum absolute atomic E-state index is 2.44. The summed E-state index contributed by atoms with van der Waals surface area (Å²) in [5.74, 6) is 0. The van der Waals surface area contributed by atoms with Crippen molar-refractivity contribution in [1.82, 2.24) is 9.13 Å². The first kappa shape index (κ1) is 35.5. The Morgan fingerprint density at radius 1 is 0.254 bits per heavy atom. The maximum Gasteiger partial charge on any atom is 0.0713 e. The van der Waals surface area contributed by atoms with Crippen LogP contribution in [-0.2, 0) is 5.41 Å². The Morgan fingerprint density at radius 2 is 0.651 bits per heavy atom. The zero-order valence-electron chi connectivity index (χ0n) is 34.5. The molecule has 63 heavy (non-hydrogen) atoms. The van der Waals surface area contributed by atoms with E-state index in [0.717, 1.165) is 11.4 Å². The normalized spacial score (nSPS) is 12.9. The topological polar surface area (TPSA) is 9.86 Å². The molecule has 0 saturated carbocycles. The highest BCUT2D eigenvalue weighted by Crippen LogP contribution is 2.56. The van der Waals surface area contributed by atoms with Crippen molar-refractivity contribution in [3.8, 4) is 44.8 Å². The summed E-state index contributed by atoms with van der Waals surface area (Å²) >= 11 is 0. The summed E-state index contributed by atoms with van der Waals surface area (Å²) in [5.41, 5.74) is 19.3. The van der Waals surface area contributed by atoms with Crippen LogP contribution in [0.5, 0.6) is 0 Å². The molecule has 10 aromatic carbocycles. The molecule has 0 fully saturated rings. The predicted octanol–water partition coefficient (Wildman–Crippen LogP) is 15.6. The Hall–Kier alpha value is -8.20. The van der Waals surface area contributed by atoms with Gasteiger partial charge in [0.1, 0.15) is 0 Å². The summed E-state index contributed by atoms with van der Waals surface area (Å²) in [6.45, 7) is 0. The van der Waals surface area contributed by atoms with E-state index in [4.69, 9.17) is 0 Å². The van der Waals surface area contributed by atoms with Crippen molar-refractivity contribution in [1.29, 1.82) is 0 Å². The molecule has 2 heterocycles. The quantitative estimate of drug-likeness (QED) is 0.159. The van der Waals surface area contributed by atoms with Gasteiger partial charge in [-0.2, -0.15) is 0 Å². The number of aromatic nitrogens is 2. The van der Waals surface area contributed by atoms with E-state index < -0.39 is 5.41 Å². The van der Waals surface area contributed by atoms with E-state index in [0.29, 0.717) is 0 Å². The molecular formula is C61H40N2. The fourth-order valence-electron chi connectivity index (χ4n) is 10.9. The molecule has 12 aromatic rings. The SMILES string of the molecule is c1ccc(-c2ccc3c(c2)c2cc(-c4ccc5c(c4)c4ccccc4n5-c4ccc(C5(c6ccccc6)c6ccccc6-c6ccccc65)cc4)ccc2n3-c2ccccc2)cc1. The smallest absolute Gasteiger partial charge is 0.0713 e. The van der Waals surface area contributed by atoms with E-state index >= 15 is 0 Å². The lowest BCUT2D eigenvalue weighted by Crippen LogP contribution is -2.28. The molecule has 294 valence electrons. The van der Waals surface area contributed by atoms with Crippen LogP contribution in [0.4, 0.5) is 0 Å². The Kier molecular flexibility index (Phi) is 7.85. The Morgan fingerprint density at radius 3 is 1.22 bits per heavy atom. The average molecular weight is 801 g/mol. The number of nitrogens with zero attached hydrogens (tertiary/aromatic N) is 2. The monoisotopic (exact) mass is 800 g/mol. The highest BCUT2D eigenvalue weighted by Gasteiger charge is 2.45.